The fraction of sp³-hybridized carbons (Fsp3) is 0.541. The molecule has 0 aliphatic heterocycles. The van der Waals surface area contributed by atoms with E-state index in [9.17, 15) is 24.0 Å². The number of rotatable bonds is 13. The Hall–Kier alpha value is -4.61. The number of nitrogens with one attached hydrogen (secondary N) is 4. The van der Waals surface area contributed by atoms with Crippen molar-refractivity contribution in [2.24, 2.45) is 10.8 Å². The summed E-state index contributed by atoms with van der Waals surface area (Å²) in [4.78, 5) is 66.8. The number of esters is 1. The Labute approximate surface area is 290 Å². The van der Waals surface area contributed by atoms with Gasteiger partial charge in [-0.05, 0) is 55.6 Å². The maximum Gasteiger partial charge on any atom is 0.408 e. The fourth-order valence-corrected chi connectivity index (χ4v) is 4.94. The predicted molar refractivity (Wildman–Crippen MR) is 186 cm³/mol. The summed E-state index contributed by atoms with van der Waals surface area (Å²) in [7, 11) is 1.17. The molecule has 0 spiro atoms. The Morgan fingerprint density at radius 1 is 0.633 bits per heavy atom. The smallest absolute Gasteiger partial charge is 0.408 e. The molecule has 2 aromatic rings. The molecule has 0 heterocycles. The van der Waals surface area contributed by atoms with Gasteiger partial charge in [0.05, 0.1) is 13.2 Å². The zero-order chi connectivity index (χ0) is 37.0. The van der Waals surface area contributed by atoms with Gasteiger partial charge in [0.1, 0.15) is 24.3 Å². The lowest BCUT2D eigenvalue weighted by Crippen LogP contribution is -2.59. The molecule has 270 valence electrons. The zero-order valence-electron chi connectivity index (χ0n) is 30.5. The van der Waals surface area contributed by atoms with E-state index < -0.39 is 65.2 Å². The van der Waals surface area contributed by atoms with Gasteiger partial charge in [-0.2, -0.15) is 0 Å². The van der Waals surface area contributed by atoms with Crippen molar-refractivity contribution in [2.45, 2.75) is 112 Å². The quantitative estimate of drug-likeness (QED) is 0.158. The summed E-state index contributed by atoms with van der Waals surface area (Å²) in [5.41, 5.74) is -0.382. The van der Waals surface area contributed by atoms with Crippen LogP contribution >= 0.6 is 0 Å². The molecule has 0 fully saturated rings. The van der Waals surface area contributed by atoms with Gasteiger partial charge in [-0.15, -0.1) is 0 Å². The van der Waals surface area contributed by atoms with Crippen LogP contribution in [0.25, 0.3) is 0 Å². The van der Waals surface area contributed by atoms with Crippen LogP contribution in [0.15, 0.2) is 60.7 Å². The third-order valence-corrected chi connectivity index (χ3v) is 7.00. The second kappa shape index (κ2) is 17.7. The van der Waals surface area contributed by atoms with Crippen LogP contribution in [0, 0.1) is 10.8 Å². The van der Waals surface area contributed by atoms with Gasteiger partial charge in [-0.25, -0.2) is 14.4 Å². The van der Waals surface area contributed by atoms with Crippen molar-refractivity contribution >= 4 is 30.0 Å². The highest BCUT2D eigenvalue weighted by Gasteiger charge is 2.38. The van der Waals surface area contributed by atoms with Crippen LogP contribution < -0.4 is 21.3 Å². The molecular formula is C37H54N4O8. The van der Waals surface area contributed by atoms with Crippen LogP contribution in [0.4, 0.5) is 9.59 Å². The predicted octanol–water partition coefficient (Wildman–Crippen LogP) is 5.56. The van der Waals surface area contributed by atoms with Crippen LogP contribution in [-0.4, -0.2) is 60.8 Å². The molecule has 0 radical (unpaired) electrons. The van der Waals surface area contributed by atoms with Gasteiger partial charge in [0, 0.05) is 0 Å². The number of hydrogen-bond donors (Lipinski definition) is 4. The molecule has 0 aliphatic rings. The number of alkyl carbamates (subject to hydrolysis) is 2. The Bertz CT molecular complexity index is 1400. The van der Waals surface area contributed by atoms with Crippen LogP contribution in [-0.2, 0) is 35.2 Å². The molecule has 0 saturated heterocycles. The van der Waals surface area contributed by atoms with Gasteiger partial charge in [-0.1, -0.05) is 102 Å². The number of methoxy groups -OCH3 is 1. The average Bonchev–Trinajstić information content (AvgIpc) is 2.99. The minimum atomic E-state index is -1.40. The minimum Gasteiger partial charge on any atom is -0.467 e. The molecule has 2 aromatic carbocycles. The Balaban J connectivity index is 2.38. The summed E-state index contributed by atoms with van der Waals surface area (Å²) in [6, 6.07) is 13.1. The molecule has 0 saturated carbocycles. The lowest BCUT2D eigenvalue weighted by molar-refractivity contribution is -0.146. The van der Waals surface area contributed by atoms with E-state index >= 15 is 0 Å². The summed E-state index contributed by atoms with van der Waals surface area (Å²) < 4.78 is 15.9. The van der Waals surface area contributed by atoms with Gasteiger partial charge in [0.15, 0.2) is 6.04 Å². The Morgan fingerprint density at radius 2 is 1.12 bits per heavy atom. The standard InChI is InChI=1S/C37H54N4O8/c1-35(2,3)21-26(38-30(42)27(22-36(4,5)6)39-33(45)48-23-24-17-13-11-14-18-24)31(43)40-29(32(44)47-10)28(25-19-15-12-16-20-25)41-34(46)49-37(7,8)9/h11-20,26-29H,21-23H2,1-10H3,(H,38,42)(H,39,45)(H,40,43)(H,41,46)/t26-,27+,28+,29-/m0/s1. The molecule has 4 atom stereocenters. The molecule has 0 aliphatic carbocycles. The fourth-order valence-electron chi connectivity index (χ4n) is 4.94. The van der Waals surface area contributed by atoms with Crippen molar-refractivity contribution in [3.63, 3.8) is 0 Å². The number of carbonyl (C=O) groups is 5. The largest absolute Gasteiger partial charge is 0.467 e. The minimum absolute atomic E-state index is 0.0143. The van der Waals surface area contributed by atoms with Gasteiger partial charge >= 0.3 is 18.2 Å². The van der Waals surface area contributed by atoms with Gasteiger partial charge in [0.25, 0.3) is 0 Å². The number of benzene rings is 2. The second-order valence-corrected chi connectivity index (χ2v) is 15.4. The second-order valence-electron chi connectivity index (χ2n) is 15.4. The normalized spacial score (nSPS) is 14.2. The maximum atomic E-state index is 14.0. The molecule has 4 N–H and O–H groups in total. The molecule has 0 aromatic heterocycles. The van der Waals surface area contributed by atoms with E-state index in [1.165, 1.54) is 7.11 Å². The third-order valence-electron chi connectivity index (χ3n) is 7.00. The van der Waals surface area contributed by atoms with E-state index in [1.54, 1.807) is 51.1 Å². The summed E-state index contributed by atoms with van der Waals surface area (Å²) in [6.45, 7) is 16.6. The number of hydrogen-bond acceptors (Lipinski definition) is 8. The maximum absolute atomic E-state index is 14.0. The van der Waals surface area contributed by atoms with E-state index in [0.717, 1.165) is 5.56 Å². The molecule has 0 unspecified atom stereocenters. The Kier molecular flexibility index (Phi) is 14.6. The van der Waals surface area contributed by atoms with Crippen molar-refractivity contribution in [3.05, 3.63) is 71.8 Å². The first-order valence-corrected chi connectivity index (χ1v) is 16.4. The van der Waals surface area contributed by atoms with Crippen LogP contribution in [0.3, 0.4) is 0 Å². The first-order valence-electron chi connectivity index (χ1n) is 16.4. The molecule has 4 amide bonds. The molecule has 2 rings (SSSR count). The van der Waals surface area contributed by atoms with E-state index in [2.05, 4.69) is 21.3 Å². The summed E-state index contributed by atoms with van der Waals surface area (Å²) in [5.74, 6) is -2.11. The molecular weight excluding hydrogens is 628 g/mol. The first kappa shape index (κ1) is 40.6. The van der Waals surface area contributed by atoms with Crippen LogP contribution in [0.5, 0.6) is 0 Å². The SMILES string of the molecule is COC(=O)[C@@H](NC(=O)[C@H](CC(C)(C)C)NC(=O)[C@@H](CC(C)(C)C)NC(=O)OCc1ccccc1)[C@H](NC(=O)OC(C)(C)C)c1ccccc1. The van der Waals surface area contributed by atoms with Crippen LogP contribution in [0.2, 0.25) is 0 Å². The van der Waals surface area contributed by atoms with E-state index in [4.69, 9.17) is 14.2 Å². The van der Waals surface area contributed by atoms with E-state index in [0.29, 0.717) is 5.56 Å². The first-order chi connectivity index (χ1) is 22.7. The molecule has 49 heavy (non-hydrogen) atoms. The molecule has 12 nitrogen and oxygen atoms in total. The van der Waals surface area contributed by atoms with Gasteiger partial charge in [0.2, 0.25) is 11.8 Å². The highest BCUT2D eigenvalue weighted by Crippen LogP contribution is 2.25. The average molecular weight is 683 g/mol. The third kappa shape index (κ3) is 15.4. The zero-order valence-corrected chi connectivity index (χ0v) is 30.5. The number of ether oxygens (including phenoxy) is 3. The molecule has 12 heteroatoms. The highest BCUT2D eigenvalue weighted by molar-refractivity contribution is 5.93. The van der Waals surface area contributed by atoms with Crippen LogP contribution in [0.1, 0.15) is 92.3 Å². The summed E-state index contributed by atoms with van der Waals surface area (Å²) in [6.07, 6.45) is -1.17. The van der Waals surface area contributed by atoms with E-state index in [-0.39, 0.29) is 24.9 Å². The van der Waals surface area contributed by atoms with E-state index in [1.807, 2.05) is 71.9 Å². The van der Waals surface area contributed by atoms with Gasteiger partial charge in [-0.3, -0.25) is 9.59 Å². The van der Waals surface area contributed by atoms with Crippen molar-refractivity contribution in [1.29, 1.82) is 0 Å². The topological polar surface area (TPSA) is 161 Å². The van der Waals surface area contributed by atoms with Gasteiger partial charge < -0.3 is 35.5 Å². The molecule has 0 bridgehead atoms. The Morgan fingerprint density at radius 3 is 1.61 bits per heavy atom. The monoisotopic (exact) mass is 682 g/mol. The summed E-state index contributed by atoms with van der Waals surface area (Å²) >= 11 is 0. The highest BCUT2D eigenvalue weighted by atomic mass is 16.6. The number of amides is 4. The lowest BCUT2D eigenvalue weighted by atomic mass is 9.86. The summed E-state index contributed by atoms with van der Waals surface area (Å²) in [5, 5.41) is 10.9. The van der Waals surface area contributed by atoms with Crippen molar-refractivity contribution < 1.29 is 38.2 Å². The number of carbonyl (C=O) groups excluding carboxylic acids is 5. The lowest BCUT2D eigenvalue weighted by Gasteiger charge is -2.32. The van der Waals surface area contributed by atoms with Crippen molar-refractivity contribution in [3.8, 4) is 0 Å². The van der Waals surface area contributed by atoms with Crippen molar-refractivity contribution in [1.82, 2.24) is 21.3 Å². The van der Waals surface area contributed by atoms with Crippen molar-refractivity contribution in [2.75, 3.05) is 7.11 Å².